The Morgan fingerprint density at radius 1 is 1.30 bits per heavy atom. The van der Waals surface area contributed by atoms with Crippen molar-refractivity contribution in [2.24, 2.45) is 0 Å². The fourth-order valence-electron chi connectivity index (χ4n) is 2.00. The van der Waals surface area contributed by atoms with Gasteiger partial charge in [0.2, 0.25) is 0 Å². The minimum absolute atomic E-state index is 0.0573. The number of aromatic nitrogens is 2. The van der Waals surface area contributed by atoms with Crippen molar-refractivity contribution in [2.45, 2.75) is 32.4 Å². The number of hydrogen-bond acceptors (Lipinski definition) is 3. The van der Waals surface area contributed by atoms with E-state index in [-0.39, 0.29) is 18.2 Å². The van der Waals surface area contributed by atoms with Crippen LogP contribution in [-0.4, -0.2) is 35.5 Å². The summed E-state index contributed by atoms with van der Waals surface area (Å²) in [6.07, 6.45) is 0. The van der Waals surface area contributed by atoms with Gasteiger partial charge < -0.3 is 9.84 Å². The van der Waals surface area contributed by atoms with Crippen molar-refractivity contribution < 1.29 is 19.0 Å². The summed E-state index contributed by atoms with van der Waals surface area (Å²) in [4.78, 5) is 11.1. The first-order valence-corrected chi connectivity index (χ1v) is 11.1. The molecule has 1 aromatic carbocycles. The highest BCUT2D eigenvalue weighted by Gasteiger charge is 2.16. The van der Waals surface area contributed by atoms with Crippen LogP contribution in [-0.2, 0) is 11.5 Å². The zero-order chi connectivity index (χ0) is 17.0. The molecular formula is C16H21FN2O3Si. The number of benzene rings is 1. The van der Waals surface area contributed by atoms with Gasteiger partial charge in [0.25, 0.3) is 0 Å². The Morgan fingerprint density at radius 2 is 1.96 bits per heavy atom. The first kappa shape index (κ1) is 17.4. The van der Waals surface area contributed by atoms with E-state index in [4.69, 9.17) is 9.84 Å². The zero-order valence-electron chi connectivity index (χ0n) is 13.5. The Morgan fingerprint density at radius 3 is 2.52 bits per heavy atom. The van der Waals surface area contributed by atoms with Crippen molar-refractivity contribution in [1.82, 2.24) is 9.78 Å². The lowest BCUT2D eigenvalue weighted by molar-refractivity contribution is 0.0673. The van der Waals surface area contributed by atoms with E-state index < -0.39 is 14.0 Å². The predicted molar refractivity (Wildman–Crippen MR) is 88.7 cm³/mol. The van der Waals surface area contributed by atoms with E-state index in [1.807, 2.05) is 0 Å². The Hall–Kier alpha value is -1.99. The molecule has 1 heterocycles. The van der Waals surface area contributed by atoms with Crippen LogP contribution < -0.4 is 0 Å². The number of carboxylic acid groups (broad SMARTS) is 1. The van der Waals surface area contributed by atoms with Crippen molar-refractivity contribution in [2.75, 3.05) is 6.61 Å². The second-order valence-electron chi connectivity index (χ2n) is 6.57. The van der Waals surface area contributed by atoms with Crippen molar-refractivity contribution in [1.29, 1.82) is 0 Å². The molecule has 5 nitrogen and oxygen atoms in total. The molecule has 23 heavy (non-hydrogen) atoms. The van der Waals surface area contributed by atoms with E-state index in [9.17, 15) is 9.18 Å². The van der Waals surface area contributed by atoms with Gasteiger partial charge in [-0.05, 0) is 36.4 Å². The summed E-state index contributed by atoms with van der Waals surface area (Å²) in [7, 11) is -1.18. The number of rotatable bonds is 7. The minimum atomic E-state index is -1.18. The summed E-state index contributed by atoms with van der Waals surface area (Å²) >= 11 is 0. The molecule has 0 amide bonds. The number of hydrogen-bond donors (Lipinski definition) is 1. The molecule has 0 saturated carbocycles. The molecule has 1 aromatic heterocycles. The summed E-state index contributed by atoms with van der Waals surface area (Å²) in [5.74, 6) is -1.45. The molecule has 0 spiro atoms. The Kier molecular flexibility index (Phi) is 5.33. The highest BCUT2D eigenvalue weighted by atomic mass is 28.3. The van der Waals surface area contributed by atoms with Crippen LogP contribution >= 0.6 is 0 Å². The van der Waals surface area contributed by atoms with Crippen molar-refractivity contribution in [3.8, 4) is 11.3 Å². The van der Waals surface area contributed by atoms with Crippen LogP contribution in [0.4, 0.5) is 4.39 Å². The number of aromatic carboxylic acids is 1. The maximum Gasteiger partial charge on any atom is 0.356 e. The number of carboxylic acids is 1. The lowest BCUT2D eigenvalue weighted by atomic mass is 10.1. The second-order valence-corrected chi connectivity index (χ2v) is 12.2. The predicted octanol–water partition coefficient (Wildman–Crippen LogP) is 3.70. The summed E-state index contributed by atoms with van der Waals surface area (Å²) in [5, 5.41) is 13.2. The van der Waals surface area contributed by atoms with Gasteiger partial charge in [-0.25, -0.2) is 13.9 Å². The van der Waals surface area contributed by atoms with E-state index in [0.29, 0.717) is 17.9 Å². The smallest absolute Gasteiger partial charge is 0.356 e. The summed E-state index contributed by atoms with van der Waals surface area (Å²) in [6.45, 7) is 7.57. The monoisotopic (exact) mass is 336 g/mol. The SMILES string of the molecule is C[Si](C)(C)CCOCn1nc(C(=O)O)cc1-c1ccc(F)cc1. The maximum absolute atomic E-state index is 13.1. The number of halogens is 1. The van der Waals surface area contributed by atoms with Gasteiger partial charge in [-0.3, -0.25) is 0 Å². The van der Waals surface area contributed by atoms with E-state index in [2.05, 4.69) is 24.7 Å². The number of nitrogens with zero attached hydrogens (tertiary/aromatic N) is 2. The molecule has 2 rings (SSSR count). The van der Waals surface area contributed by atoms with Crippen LogP contribution in [0, 0.1) is 5.82 Å². The lowest BCUT2D eigenvalue weighted by Crippen LogP contribution is -2.22. The van der Waals surface area contributed by atoms with Crippen molar-refractivity contribution >= 4 is 14.0 Å². The van der Waals surface area contributed by atoms with Gasteiger partial charge in [-0.2, -0.15) is 5.10 Å². The quantitative estimate of drug-likeness (QED) is 0.618. The minimum Gasteiger partial charge on any atom is -0.476 e. The molecule has 2 aromatic rings. The molecular weight excluding hydrogens is 315 g/mol. The molecule has 0 aliphatic heterocycles. The third-order valence-corrected chi connectivity index (χ3v) is 5.05. The Balaban J connectivity index is 2.17. The first-order chi connectivity index (χ1) is 10.8. The molecule has 0 saturated heterocycles. The first-order valence-electron chi connectivity index (χ1n) is 7.41. The van der Waals surface area contributed by atoms with Crippen molar-refractivity contribution in [3.05, 3.63) is 41.8 Å². The number of carbonyl (C=O) groups is 1. The topological polar surface area (TPSA) is 64.4 Å². The van der Waals surface area contributed by atoms with Crippen molar-refractivity contribution in [3.63, 3.8) is 0 Å². The molecule has 7 heteroatoms. The lowest BCUT2D eigenvalue weighted by Gasteiger charge is -2.15. The number of ether oxygens (including phenoxy) is 1. The maximum atomic E-state index is 13.1. The fraction of sp³-hybridized carbons (Fsp3) is 0.375. The van der Waals surface area contributed by atoms with Gasteiger partial charge in [0.1, 0.15) is 12.5 Å². The molecule has 0 fully saturated rings. The Bertz CT molecular complexity index is 678. The van der Waals surface area contributed by atoms with E-state index >= 15 is 0 Å². The normalized spacial score (nSPS) is 11.7. The molecule has 0 bridgehead atoms. The summed E-state index contributed by atoms with van der Waals surface area (Å²) in [6, 6.07) is 8.34. The van der Waals surface area contributed by atoms with Crippen LogP contribution in [0.25, 0.3) is 11.3 Å². The van der Waals surface area contributed by atoms with Crippen LogP contribution in [0.3, 0.4) is 0 Å². The molecule has 0 aliphatic rings. The average molecular weight is 336 g/mol. The fourth-order valence-corrected chi connectivity index (χ4v) is 2.76. The van der Waals surface area contributed by atoms with E-state index in [1.54, 1.807) is 12.1 Å². The third kappa shape index (κ3) is 5.00. The molecule has 0 radical (unpaired) electrons. The van der Waals surface area contributed by atoms with E-state index in [1.165, 1.54) is 22.9 Å². The molecule has 0 atom stereocenters. The van der Waals surface area contributed by atoms with Gasteiger partial charge in [0.15, 0.2) is 5.69 Å². The highest BCUT2D eigenvalue weighted by molar-refractivity contribution is 6.76. The summed E-state index contributed by atoms with van der Waals surface area (Å²) in [5.41, 5.74) is 1.23. The summed E-state index contributed by atoms with van der Waals surface area (Å²) < 4.78 is 20.2. The van der Waals surface area contributed by atoms with Gasteiger partial charge >= 0.3 is 5.97 Å². The van der Waals surface area contributed by atoms with Crippen LogP contribution in [0.2, 0.25) is 25.7 Å². The van der Waals surface area contributed by atoms with Crippen LogP contribution in [0.1, 0.15) is 10.5 Å². The third-order valence-electron chi connectivity index (χ3n) is 3.35. The molecule has 0 aliphatic carbocycles. The largest absolute Gasteiger partial charge is 0.476 e. The molecule has 124 valence electrons. The highest BCUT2D eigenvalue weighted by Crippen LogP contribution is 2.21. The van der Waals surface area contributed by atoms with Gasteiger partial charge in [0.05, 0.1) is 5.69 Å². The van der Waals surface area contributed by atoms with Gasteiger partial charge in [0, 0.05) is 20.2 Å². The van der Waals surface area contributed by atoms with E-state index in [0.717, 1.165) is 6.04 Å². The zero-order valence-corrected chi connectivity index (χ0v) is 14.5. The average Bonchev–Trinajstić information content (AvgIpc) is 2.88. The second kappa shape index (κ2) is 7.06. The molecule has 1 N–H and O–H groups in total. The van der Waals surface area contributed by atoms with Gasteiger partial charge in [-0.15, -0.1) is 0 Å². The van der Waals surface area contributed by atoms with Crippen LogP contribution in [0.5, 0.6) is 0 Å². The molecule has 0 unspecified atom stereocenters. The Labute approximate surface area is 135 Å². The van der Waals surface area contributed by atoms with Gasteiger partial charge in [-0.1, -0.05) is 19.6 Å². The standard InChI is InChI=1S/C16H21FN2O3Si/c1-23(2,3)9-8-22-11-19-15(10-14(18-19)16(20)21)12-4-6-13(17)7-5-12/h4-7,10H,8-9,11H2,1-3H3,(H,20,21). The van der Waals surface area contributed by atoms with Crippen LogP contribution in [0.15, 0.2) is 30.3 Å².